The van der Waals surface area contributed by atoms with Crippen molar-refractivity contribution in [2.45, 2.75) is 36.0 Å². The maximum absolute atomic E-state index is 13.0. The monoisotopic (exact) mass is 400 g/mol. The molecule has 0 rings (SSSR count). The summed E-state index contributed by atoms with van der Waals surface area (Å²) >= 11 is 0. The molecule has 0 aromatic rings. The summed E-state index contributed by atoms with van der Waals surface area (Å²) in [7, 11) is -5.16. The van der Waals surface area contributed by atoms with Gasteiger partial charge in [-0.3, -0.25) is 4.52 Å². The van der Waals surface area contributed by atoms with Crippen LogP contribution < -0.4 is 0 Å². The molecule has 0 aliphatic heterocycles. The highest BCUT2D eigenvalue weighted by molar-refractivity contribution is 7.39. The van der Waals surface area contributed by atoms with E-state index in [0.717, 1.165) is 0 Å². The van der Waals surface area contributed by atoms with Crippen LogP contribution in [-0.2, 0) is 4.52 Å². The summed E-state index contributed by atoms with van der Waals surface area (Å²) in [6, 6.07) is 0. The second-order valence-corrected chi connectivity index (χ2v) is 4.36. The van der Waals surface area contributed by atoms with E-state index in [0.29, 0.717) is 0 Å². The zero-order valence-corrected chi connectivity index (χ0v) is 10.6. The zero-order chi connectivity index (χ0) is 19.3. The molecular weight excluding hydrogens is 398 g/mol. The first-order valence-corrected chi connectivity index (χ1v) is 5.66. The smallest absolute Gasteiger partial charge is 0.328 e. The lowest BCUT2D eigenvalue weighted by molar-refractivity contribution is -0.470. The van der Waals surface area contributed by atoms with Crippen LogP contribution >= 0.6 is 8.60 Å². The van der Waals surface area contributed by atoms with Gasteiger partial charge in [0.1, 0.15) is 0 Å². The molecule has 0 spiro atoms. The predicted molar refractivity (Wildman–Crippen MR) is 43.2 cm³/mol. The van der Waals surface area contributed by atoms with E-state index in [-0.39, 0.29) is 0 Å². The van der Waals surface area contributed by atoms with E-state index in [1.165, 1.54) is 0 Å². The Morgan fingerprint density at radius 1 is 0.522 bits per heavy atom. The third-order valence-electron chi connectivity index (χ3n) is 2.21. The van der Waals surface area contributed by atoms with Crippen LogP contribution in [0.5, 0.6) is 0 Å². The van der Waals surface area contributed by atoms with Gasteiger partial charge in [-0.1, -0.05) is 0 Å². The normalized spacial score (nSPS) is 16.2. The van der Waals surface area contributed by atoms with Crippen molar-refractivity contribution < 1.29 is 71.4 Å². The summed E-state index contributed by atoms with van der Waals surface area (Å²) in [6.45, 7) is 0. The average Bonchev–Trinajstić information content (AvgIpc) is 2.19. The highest BCUT2D eigenvalue weighted by atomic mass is 31.2. The Balaban J connectivity index is 6.97. The molecule has 0 unspecified atom stereocenters. The Morgan fingerprint density at radius 2 is 0.783 bits per heavy atom. The van der Waals surface area contributed by atoms with Gasteiger partial charge in [0, 0.05) is 0 Å². The molecule has 2 N–H and O–H groups in total. The summed E-state index contributed by atoms with van der Waals surface area (Å²) in [5, 5.41) is 0. The van der Waals surface area contributed by atoms with E-state index < -0.39 is 44.6 Å². The van der Waals surface area contributed by atoms with Crippen LogP contribution in [0.1, 0.15) is 0 Å². The second-order valence-electron chi connectivity index (χ2n) is 3.67. The Morgan fingerprint density at radius 3 is 0.913 bits per heavy atom. The molecular formula is C6H2F13O3P. The third kappa shape index (κ3) is 3.30. The molecule has 0 heterocycles. The lowest BCUT2D eigenvalue weighted by Crippen LogP contribution is -2.77. The second kappa shape index (κ2) is 5.74. The summed E-state index contributed by atoms with van der Waals surface area (Å²) in [6.07, 6.45) is -23.0. The molecule has 3 nitrogen and oxygen atoms in total. The number of hydrogen-bond donors (Lipinski definition) is 2. The first kappa shape index (κ1) is 22.4. The quantitative estimate of drug-likeness (QED) is 0.556. The van der Waals surface area contributed by atoms with E-state index >= 15 is 0 Å². The van der Waals surface area contributed by atoms with E-state index in [4.69, 9.17) is 9.79 Å². The van der Waals surface area contributed by atoms with Gasteiger partial charge in [0.15, 0.2) is 0 Å². The fourth-order valence-corrected chi connectivity index (χ4v) is 1.82. The van der Waals surface area contributed by atoms with Gasteiger partial charge in [-0.2, -0.15) is 57.1 Å². The molecule has 0 bridgehead atoms. The lowest BCUT2D eigenvalue weighted by Gasteiger charge is -2.45. The molecule has 0 aliphatic rings. The van der Waals surface area contributed by atoms with E-state index in [9.17, 15) is 57.1 Å². The third-order valence-corrected chi connectivity index (χ3v) is 2.65. The highest BCUT2D eigenvalue weighted by Gasteiger charge is 2.95. The summed E-state index contributed by atoms with van der Waals surface area (Å²) in [5.74, 6) is -15.8. The molecule has 0 amide bonds. The van der Waals surface area contributed by atoms with E-state index in [2.05, 4.69) is 4.52 Å². The Bertz CT molecular complexity index is 395. The minimum atomic E-state index is -7.91. The van der Waals surface area contributed by atoms with Crippen LogP contribution in [0.4, 0.5) is 57.1 Å². The van der Waals surface area contributed by atoms with Gasteiger partial charge in [-0.15, -0.1) is 0 Å². The number of hydrogen-bond acceptors (Lipinski definition) is 3. The number of rotatable bonds is 4. The van der Waals surface area contributed by atoms with Gasteiger partial charge in [0.25, 0.3) is 0 Å². The van der Waals surface area contributed by atoms with Crippen molar-refractivity contribution in [3.8, 4) is 0 Å². The predicted octanol–water partition coefficient (Wildman–Crippen LogP) is 3.91. The molecule has 17 heteroatoms. The highest BCUT2D eigenvalue weighted by Crippen LogP contribution is 2.64. The van der Waals surface area contributed by atoms with Crippen LogP contribution in [0.15, 0.2) is 0 Å². The van der Waals surface area contributed by atoms with Crippen LogP contribution in [0.2, 0.25) is 0 Å². The Kier molecular flexibility index (Phi) is 5.59. The van der Waals surface area contributed by atoms with Crippen LogP contribution in [0.25, 0.3) is 0 Å². The SMILES string of the molecule is OP(O)OC(C(F)(F)F)(C(F)(F)C(F)(F)F)C(F)(F)C(F)(F)F. The first-order chi connectivity index (χ1) is 9.67. The molecule has 0 atom stereocenters. The zero-order valence-electron chi connectivity index (χ0n) is 9.66. The molecule has 23 heavy (non-hydrogen) atoms. The van der Waals surface area contributed by atoms with Gasteiger partial charge in [0.2, 0.25) is 0 Å². The van der Waals surface area contributed by atoms with Crippen molar-refractivity contribution in [2.24, 2.45) is 0 Å². The fourth-order valence-electron chi connectivity index (χ4n) is 1.24. The minimum Gasteiger partial charge on any atom is -0.328 e. The maximum Gasteiger partial charge on any atom is 0.457 e. The molecule has 0 aromatic carbocycles. The van der Waals surface area contributed by atoms with Gasteiger partial charge < -0.3 is 9.79 Å². The first-order valence-electron chi connectivity index (χ1n) is 4.49. The summed E-state index contributed by atoms with van der Waals surface area (Å²) < 4.78 is 164. The summed E-state index contributed by atoms with van der Waals surface area (Å²) in [4.78, 5) is 16.0. The van der Waals surface area contributed by atoms with Crippen molar-refractivity contribution in [2.75, 3.05) is 0 Å². The largest absolute Gasteiger partial charge is 0.457 e. The molecule has 0 fully saturated rings. The number of alkyl halides is 13. The maximum atomic E-state index is 13.0. The summed E-state index contributed by atoms with van der Waals surface area (Å²) in [5.41, 5.74) is -7.67. The topological polar surface area (TPSA) is 49.7 Å². The molecule has 0 aliphatic carbocycles. The van der Waals surface area contributed by atoms with Crippen molar-refractivity contribution >= 4 is 8.60 Å². The van der Waals surface area contributed by atoms with E-state index in [1.54, 1.807) is 0 Å². The van der Waals surface area contributed by atoms with Gasteiger partial charge in [-0.05, 0) is 0 Å². The molecule has 140 valence electrons. The van der Waals surface area contributed by atoms with Crippen LogP contribution in [0.3, 0.4) is 0 Å². The number of halogens is 13. The Labute approximate surface area is 117 Å². The Hall–Kier alpha value is -0.600. The average molecular weight is 400 g/mol. The van der Waals surface area contributed by atoms with Crippen LogP contribution in [-0.4, -0.2) is 45.8 Å². The molecule has 0 saturated carbocycles. The molecule has 0 saturated heterocycles. The minimum absolute atomic E-state index is 2.10. The molecule has 0 aromatic heterocycles. The van der Waals surface area contributed by atoms with Crippen molar-refractivity contribution in [1.29, 1.82) is 0 Å². The van der Waals surface area contributed by atoms with Gasteiger partial charge in [-0.25, -0.2) is 0 Å². The van der Waals surface area contributed by atoms with Gasteiger partial charge >= 0.3 is 44.6 Å². The van der Waals surface area contributed by atoms with Crippen LogP contribution in [0, 0.1) is 0 Å². The lowest BCUT2D eigenvalue weighted by atomic mass is 9.86. The van der Waals surface area contributed by atoms with E-state index in [1.807, 2.05) is 0 Å². The fraction of sp³-hybridized carbons (Fsp3) is 1.00. The van der Waals surface area contributed by atoms with Gasteiger partial charge in [0.05, 0.1) is 0 Å². The van der Waals surface area contributed by atoms with Crippen molar-refractivity contribution in [3.63, 3.8) is 0 Å². The standard InChI is InChI=1S/C6H2F13O3P/c7-2(8,5(14,15)16)1(4(11,12)13,22-23(20)21)3(9,10)6(17,18)19/h20-21H. The molecule has 0 radical (unpaired) electrons. The van der Waals surface area contributed by atoms with Crippen molar-refractivity contribution in [1.82, 2.24) is 0 Å². The van der Waals surface area contributed by atoms with Crippen molar-refractivity contribution in [3.05, 3.63) is 0 Å².